The topological polar surface area (TPSA) is 0 Å². The zero-order valence-corrected chi connectivity index (χ0v) is 7.07. The number of rotatable bonds is 1. The number of benzene rings is 1. The molecule has 0 nitrogen and oxygen atoms in total. The molecule has 0 fully saturated rings. The first-order valence-electron chi connectivity index (χ1n) is 3.74. The van der Waals surface area contributed by atoms with Crippen molar-refractivity contribution in [2.24, 2.45) is 0 Å². The van der Waals surface area contributed by atoms with Gasteiger partial charge in [-0.3, -0.25) is 0 Å². The molecule has 0 spiro atoms. The summed E-state index contributed by atoms with van der Waals surface area (Å²) in [6, 6.07) is 3.87. The van der Waals surface area contributed by atoms with Crippen molar-refractivity contribution in [1.29, 1.82) is 0 Å². The SMILES string of the molecule is CC=C(C)c1c(F)cccc1F. The molecule has 1 rings (SSSR count). The molecular weight excluding hydrogens is 158 g/mol. The van der Waals surface area contributed by atoms with Crippen molar-refractivity contribution in [3.63, 3.8) is 0 Å². The Morgan fingerprint density at radius 1 is 1.25 bits per heavy atom. The average Bonchev–Trinajstić information content (AvgIpc) is 2.03. The van der Waals surface area contributed by atoms with Crippen LogP contribution in [-0.2, 0) is 0 Å². The fraction of sp³-hybridized carbons (Fsp3) is 0.200. The van der Waals surface area contributed by atoms with Crippen molar-refractivity contribution in [2.45, 2.75) is 13.8 Å². The number of allylic oxidation sites excluding steroid dienone is 2. The van der Waals surface area contributed by atoms with Gasteiger partial charge in [-0.05, 0) is 31.6 Å². The molecular formula is C10H10F2. The number of halogens is 2. The Morgan fingerprint density at radius 2 is 1.75 bits per heavy atom. The van der Waals surface area contributed by atoms with Gasteiger partial charge < -0.3 is 0 Å². The van der Waals surface area contributed by atoms with Gasteiger partial charge in [-0.2, -0.15) is 0 Å². The average molecular weight is 168 g/mol. The first-order chi connectivity index (χ1) is 5.66. The van der Waals surface area contributed by atoms with E-state index in [0.717, 1.165) is 0 Å². The Balaban J connectivity index is 3.31. The van der Waals surface area contributed by atoms with Crippen LogP contribution in [0.4, 0.5) is 8.78 Å². The second kappa shape index (κ2) is 3.48. The lowest BCUT2D eigenvalue weighted by molar-refractivity contribution is 0.577. The molecule has 12 heavy (non-hydrogen) atoms. The monoisotopic (exact) mass is 168 g/mol. The zero-order valence-electron chi connectivity index (χ0n) is 7.07. The first kappa shape index (κ1) is 8.91. The van der Waals surface area contributed by atoms with Gasteiger partial charge in [0, 0.05) is 5.56 Å². The minimum absolute atomic E-state index is 0.0694. The van der Waals surface area contributed by atoms with Gasteiger partial charge in [0.1, 0.15) is 11.6 Å². The van der Waals surface area contributed by atoms with Crippen LogP contribution in [0.1, 0.15) is 19.4 Å². The smallest absolute Gasteiger partial charge is 0.133 e. The summed E-state index contributed by atoms with van der Waals surface area (Å²) in [5.74, 6) is -1.02. The molecule has 0 unspecified atom stereocenters. The summed E-state index contributed by atoms with van der Waals surface area (Å²) in [7, 11) is 0. The molecule has 0 saturated heterocycles. The van der Waals surface area contributed by atoms with Gasteiger partial charge >= 0.3 is 0 Å². The minimum atomic E-state index is -0.509. The molecule has 0 amide bonds. The van der Waals surface area contributed by atoms with Gasteiger partial charge in [-0.15, -0.1) is 0 Å². The van der Waals surface area contributed by atoms with Crippen LogP contribution in [0, 0.1) is 11.6 Å². The normalized spacial score (nSPS) is 11.8. The van der Waals surface area contributed by atoms with E-state index in [1.807, 2.05) is 0 Å². The summed E-state index contributed by atoms with van der Waals surface area (Å²) in [5.41, 5.74) is 0.686. The van der Waals surface area contributed by atoms with E-state index in [1.54, 1.807) is 19.9 Å². The molecule has 0 aliphatic carbocycles. The highest BCUT2D eigenvalue weighted by atomic mass is 19.1. The minimum Gasteiger partial charge on any atom is -0.206 e. The second-order valence-corrected chi connectivity index (χ2v) is 2.57. The van der Waals surface area contributed by atoms with Crippen molar-refractivity contribution < 1.29 is 8.78 Å². The summed E-state index contributed by atoms with van der Waals surface area (Å²) >= 11 is 0. The molecule has 64 valence electrons. The summed E-state index contributed by atoms with van der Waals surface area (Å²) in [4.78, 5) is 0. The van der Waals surface area contributed by atoms with E-state index < -0.39 is 11.6 Å². The van der Waals surface area contributed by atoms with Crippen molar-refractivity contribution in [2.75, 3.05) is 0 Å². The van der Waals surface area contributed by atoms with E-state index in [4.69, 9.17) is 0 Å². The van der Waals surface area contributed by atoms with E-state index >= 15 is 0 Å². The van der Waals surface area contributed by atoms with Crippen LogP contribution in [0.25, 0.3) is 5.57 Å². The van der Waals surface area contributed by atoms with Crippen LogP contribution in [0.5, 0.6) is 0 Å². The third kappa shape index (κ3) is 1.52. The van der Waals surface area contributed by atoms with Gasteiger partial charge in [0.25, 0.3) is 0 Å². The predicted octanol–water partition coefficient (Wildman–Crippen LogP) is 3.39. The molecule has 0 atom stereocenters. The van der Waals surface area contributed by atoms with Crippen molar-refractivity contribution in [3.05, 3.63) is 41.5 Å². The molecule has 0 saturated carbocycles. The standard InChI is InChI=1S/C10H10F2/c1-3-7(2)10-8(11)5-4-6-9(10)12/h3-6H,1-2H3. The largest absolute Gasteiger partial charge is 0.206 e. The second-order valence-electron chi connectivity index (χ2n) is 2.57. The van der Waals surface area contributed by atoms with Crippen LogP contribution in [-0.4, -0.2) is 0 Å². The maximum Gasteiger partial charge on any atom is 0.133 e. The zero-order chi connectivity index (χ0) is 9.14. The lowest BCUT2D eigenvalue weighted by Gasteiger charge is -2.03. The molecule has 0 aliphatic heterocycles. The van der Waals surface area contributed by atoms with Crippen molar-refractivity contribution >= 4 is 5.57 Å². The number of hydrogen-bond acceptors (Lipinski definition) is 0. The van der Waals surface area contributed by atoms with Crippen LogP contribution < -0.4 is 0 Å². The maximum atomic E-state index is 13.0. The molecule has 0 N–H and O–H groups in total. The summed E-state index contributed by atoms with van der Waals surface area (Å²) in [5, 5.41) is 0. The quantitative estimate of drug-likeness (QED) is 0.603. The number of hydrogen-bond donors (Lipinski definition) is 0. The Labute approximate surface area is 70.5 Å². The van der Waals surface area contributed by atoms with Gasteiger partial charge in [0.05, 0.1) is 0 Å². The summed E-state index contributed by atoms with van der Waals surface area (Å²) in [6.45, 7) is 3.43. The molecule has 2 heteroatoms. The highest BCUT2D eigenvalue weighted by molar-refractivity contribution is 5.64. The van der Waals surface area contributed by atoms with Gasteiger partial charge in [0.15, 0.2) is 0 Å². The third-order valence-electron chi connectivity index (χ3n) is 1.79. The molecule has 1 aromatic carbocycles. The van der Waals surface area contributed by atoms with E-state index in [0.29, 0.717) is 5.57 Å². The maximum absolute atomic E-state index is 13.0. The fourth-order valence-corrected chi connectivity index (χ4v) is 1.02. The third-order valence-corrected chi connectivity index (χ3v) is 1.79. The molecule has 0 bridgehead atoms. The van der Waals surface area contributed by atoms with Crippen molar-refractivity contribution in [1.82, 2.24) is 0 Å². The molecule has 0 aromatic heterocycles. The van der Waals surface area contributed by atoms with Crippen LogP contribution in [0.3, 0.4) is 0 Å². The summed E-state index contributed by atoms with van der Waals surface area (Å²) in [6.07, 6.45) is 1.68. The lowest BCUT2D eigenvalue weighted by Crippen LogP contribution is -1.91. The Morgan fingerprint density at radius 3 is 2.17 bits per heavy atom. The predicted molar refractivity (Wildman–Crippen MR) is 45.7 cm³/mol. The molecule has 0 heterocycles. The highest BCUT2D eigenvalue weighted by Crippen LogP contribution is 2.20. The van der Waals surface area contributed by atoms with E-state index in [9.17, 15) is 8.78 Å². The van der Waals surface area contributed by atoms with E-state index in [-0.39, 0.29) is 5.56 Å². The molecule has 0 radical (unpaired) electrons. The molecule has 1 aromatic rings. The molecule has 0 aliphatic rings. The van der Waals surface area contributed by atoms with E-state index in [2.05, 4.69) is 0 Å². The van der Waals surface area contributed by atoms with Crippen molar-refractivity contribution in [3.8, 4) is 0 Å². The lowest BCUT2D eigenvalue weighted by atomic mass is 10.1. The van der Waals surface area contributed by atoms with Crippen LogP contribution >= 0.6 is 0 Å². The van der Waals surface area contributed by atoms with Gasteiger partial charge in [0.2, 0.25) is 0 Å². The van der Waals surface area contributed by atoms with Gasteiger partial charge in [-0.25, -0.2) is 8.78 Å². The Kier molecular flexibility index (Phi) is 2.58. The van der Waals surface area contributed by atoms with Gasteiger partial charge in [-0.1, -0.05) is 12.1 Å². The Bertz CT molecular complexity index is 293. The Hall–Kier alpha value is -1.18. The first-order valence-corrected chi connectivity index (χ1v) is 3.74. The summed E-state index contributed by atoms with van der Waals surface area (Å²) < 4.78 is 26.0. The van der Waals surface area contributed by atoms with E-state index in [1.165, 1.54) is 18.2 Å². The highest BCUT2D eigenvalue weighted by Gasteiger charge is 2.08. The fourth-order valence-electron chi connectivity index (χ4n) is 1.02. The van der Waals surface area contributed by atoms with Crippen LogP contribution in [0.2, 0.25) is 0 Å². The van der Waals surface area contributed by atoms with Crippen LogP contribution in [0.15, 0.2) is 24.3 Å².